The summed E-state index contributed by atoms with van der Waals surface area (Å²) >= 11 is 5.39. The van der Waals surface area contributed by atoms with Gasteiger partial charge in [0.15, 0.2) is 11.0 Å². The van der Waals surface area contributed by atoms with Gasteiger partial charge >= 0.3 is 0 Å². The summed E-state index contributed by atoms with van der Waals surface area (Å²) in [5.74, 6) is -0.606. The van der Waals surface area contributed by atoms with Crippen LogP contribution in [0.25, 0.3) is 6.08 Å². The molecule has 0 aliphatic heterocycles. The Morgan fingerprint density at radius 1 is 1.67 bits per heavy atom. The van der Waals surface area contributed by atoms with Crippen molar-refractivity contribution in [3.8, 4) is 6.07 Å². The molecule has 0 fully saturated rings. The second-order valence-corrected chi connectivity index (χ2v) is 2.33. The number of rotatable bonds is 1. The molecule has 0 spiro atoms. The first-order chi connectivity index (χ1) is 5.75. The zero-order valence-corrected chi connectivity index (χ0v) is 6.72. The first-order valence-electron chi connectivity index (χ1n) is 3.12. The maximum absolute atomic E-state index is 13.0. The van der Waals surface area contributed by atoms with Gasteiger partial charge < -0.3 is 0 Å². The molecule has 0 atom stereocenters. The lowest BCUT2D eigenvalue weighted by Gasteiger charge is -1.95. The molecule has 1 aromatic rings. The third kappa shape index (κ3) is 1.80. The normalized spacial score (nSPS) is 10.1. The van der Waals surface area contributed by atoms with Crippen LogP contribution in [0, 0.1) is 17.1 Å². The van der Waals surface area contributed by atoms with E-state index in [0.29, 0.717) is 0 Å². The molecule has 0 saturated carbocycles. The molecule has 0 saturated heterocycles. The van der Waals surface area contributed by atoms with E-state index in [2.05, 4.69) is 4.98 Å². The number of pyridine rings is 1. The van der Waals surface area contributed by atoms with Crippen LogP contribution in [0.2, 0.25) is 5.15 Å². The topological polar surface area (TPSA) is 36.7 Å². The van der Waals surface area contributed by atoms with Gasteiger partial charge in [-0.25, -0.2) is 9.37 Å². The molecule has 0 unspecified atom stereocenters. The van der Waals surface area contributed by atoms with E-state index in [4.69, 9.17) is 16.9 Å². The number of allylic oxidation sites excluding steroid dienone is 1. The highest BCUT2D eigenvalue weighted by Gasteiger charge is 2.03. The van der Waals surface area contributed by atoms with Crippen LogP contribution in [0.4, 0.5) is 4.39 Å². The first-order valence-corrected chi connectivity index (χ1v) is 3.49. The van der Waals surface area contributed by atoms with E-state index < -0.39 is 5.82 Å². The van der Waals surface area contributed by atoms with Crippen LogP contribution >= 0.6 is 11.6 Å². The van der Waals surface area contributed by atoms with Crippen molar-refractivity contribution < 1.29 is 4.39 Å². The zero-order chi connectivity index (χ0) is 8.97. The minimum atomic E-state index is -0.606. The van der Waals surface area contributed by atoms with E-state index >= 15 is 0 Å². The smallest absolute Gasteiger partial charge is 0.167 e. The lowest BCUT2D eigenvalue weighted by molar-refractivity contribution is 0.619. The molecule has 1 rings (SSSR count). The fourth-order valence-corrected chi connectivity index (χ4v) is 0.853. The van der Waals surface area contributed by atoms with Crippen molar-refractivity contribution in [2.24, 2.45) is 0 Å². The van der Waals surface area contributed by atoms with Gasteiger partial charge in [0.25, 0.3) is 0 Å². The minimum Gasteiger partial charge on any atom is -0.242 e. The number of nitriles is 1. The highest BCUT2D eigenvalue weighted by molar-refractivity contribution is 6.29. The van der Waals surface area contributed by atoms with Gasteiger partial charge in [-0.05, 0) is 12.1 Å². The highest BCUT2D eigenvalue weighted by Crippen LogP contribution is 2.15. The van der Waals surface area contributed by atoms with E-state index in [0.717, 1.165) is 0 Å². The zero-order valence-electron chi connectivity index (χ0n) is 5.96. The fraction of sp³-hybridized carbons (Fsp3) is 0. The van der Waals surface area contributed by atoms with Crippen LogP contribution in [0.15, 0.2) is 18.3 Å². The SMILES string of the molecule is N#CC=Cc1ccnc(Cl)c1F. The summed E-state index contributed by atoms with van der Waals surface area (Å²) in [6.45, 7) is 0. The van der Waals surface area contributed by atoms with E-state index in [1.807, 2.05) is 0 Å². The third-order valence-electron chi connectivity index (χ3n) is 1.21. The van der Waals surface area contributed by atoms with Gasteiger partial charge in [0.05, 0.1) is 6.07 Å². The van der Waals surface area contributed by atoms with Gasteiger partial charge in [0.1, 0.15) is 0 Å². The molecule has 0 aliphatic carbocycles. The second-order valence-electron chi connectivity index (χ2n) is 1.97. The van der Waals surface area contributed by atoms with Crippen molar-refractivity contribution in [1.82, 2.24) is 4.98 Å². The van der Waals surface area contributed by atoms with Crippen molar-refractivity contribution in [3.05, 3.63) is 34.9 Å². The standard InChI is InChI=1S/C8H4ClFN2/c9-8-7(10)6(2-1-4-11)3-5-12-8/h1-3,5H. The average molecular weight is 183 g/mol. The molecule has 0 aliphatic rings. The Labute approximate surface area is 73.9 Å². The fourth-order valence-electron chi connectivity index (χ4n) is 0.688. The molecule has 0 aromatic carbocycles. The van der Waals surface area contributed by atoms with Gasteiger partial charge in [-0.15, -0.1) is 0 Å². The molecule has 0 bridgehead atoms. The summed E-state index contributed by atoms with van der Waals surface area (Å²) in [6.07, 6.45) is 3.89. The molecule has 60 valence electrons. The lowest BCUT2D eigenvalue weighted by Crippen LogP contribution is -1.85. The molecule has 12 heavy (non-hydrogen) atoms. The highest BCUT2D eigenvalue weighted by atomic mass is 35.5. The molecular weight excluding hydrogens is 179 g/mol. The lowest BCUT2D eigenvalue weighted by atomic mass is 10.2. The molecule has 1 heterocycles. The van der Waals surface area contributed by atoms with Gasteiger partial charge in [0, 0.05) is 17.8 Å². The maximum Gasteiger partial charge on any atom is 0.167 e. The average Bonchev–Trinajstić information content (AvgIpc) is 2.08. The Hall–Kier alpha value is -1.40. The largest absolute Gasteiger partial charge is 0.242 e. The van der Waals surface area contributed by atoms with Crippen molar-refractivity contribution in [2.45, 2.75) is 0 Å². The molecule has 4 heteroatoms. The number of hydrogen-bond donors (Lipinski definition) is 0. The Bertz CT molecular complexity index is 355. The van der Waals surface area contributed by atoms with Crippen LogP contribution in [0.5, 0.6) is 0 Å². The predicted molar refractivity (Wildman–Crippen MR) is 43.9 cm³/mol. The first kappa shape index (κ1) is 8.69. The molecule has 0 amide bonds. The third-order valence-corrected chi connectivity index (χ3v) is 1.48. The van der Waals surface area contributed by atoms with E-state index in [-0.39, 0.29) is 10.7 Å². The summed E-state index contributed by atoms with van der Waals surface area (Å²) in [7, 11) is 0. The molecule has 2 nitrogen and oxygen atoms in total. The predicted octanol–water partition coefficient (Wildman–Crippen LogP) is 2.41. The van der Waals surface area contributed by atoms with Crippen LogP contribution in [0.3, 0.4) is 0 Å². The van der Waals surface area contributed by atoms with Crippen molar-refractivity contribution in [1.29, 1.82) is 5.26 Å². The van der Waals surface area contributed by atoms with Crippen LogP contribution < -0.4 is 0 Å². The van der Waals surface area contributed by atoms with Gasteiger partial charge in [-0.2, -0.15) is 5.26 Å². The van der Waals surface area contributed by atoms with Crippen LogP contribution in [-0.4, -0.2) is 4.98 Å². The summed E-state index contributed by atoms with van der Waals surface area (Å²) in [5, 5.41) is 7.99. The van der Waals surface area contributed by atoms with Crippen LogP contribution in [0.1, 0.15) is 5.56 Å². The minimum absolute atomic E-state index is 0.185. The van der Waals surface area contributed by atoms with Gasteiger partial charge in [-0.1, -0.05) is 11.6 Å². The summed E-state index contributed by atoms with van der Waals surface area (Å²) in [4.78, 5) is 3.52. The molecule has 0 N–H and O–H groups in total. The van der Waals surface area contributed by atoms with E-state index in [9.17, 15) is 4.39 Å². The number of nitrogens with zero attached hydrogens (tertiary/aromatic N) is 2. The van der Waals surface area contributed by atoms with Crippen LogP contribution in [-0.2, 0) is 0 Å². The summed E-state index contributed by atoms with van der Waals surface area (Å²) in [5.41, 5.74) is 0.261. The summed E-state index contributed by atoms with van der Waals surface area (Å²) < 4.78 is 13.0. The van der Waals surface area contributed by atoms with Gasteiger partial charge in [0.2, 0.25) is 0 Å². The number of aromatic nitrogens is 1. The number of halogens is 2. The van der Waals surface area contributed by atoms with Crippen molar-refractivity contribution in [3.63, 3.8) is 0 Å². The molecule has 0 radical (unpaired) electrons. The maximum atomic E-state index is 13.0. The Kier molecular flexibility index (Phi) is 2.78. The van der Waals surface area contributed by atoms with E-state index in [1.165, 1.54) is 24.4 Å². The molecular formula is C8H4ClFN2. The van der Waals surface area contributed by atoms with Crippen molar-refractivity contribution in [2.75, 3.05) is 0 Å². The van der Waals surface area contributed by atoms with E-state index in [1.54, 1.807) is 6.07 Å². The quantitative estimate of drug-likeness (QED) is 0.494. The monoisotopic (exact) mass is 182 g/mol. The van der Waals surface area contributed by atoms with Crippen molar-refractivity contribution >= 4 is 17.7 Å². The Morgan fingerprint density at radius 2 is 2.42 bits per heavy atom. The van der Waals surface area contributed by atoms with Gasteiger partial charge in [-0.3, -0.25) is 0 Å². The Morgan fingerprint density at radius 3 is 3.08 bits per heavy atom. The molecule has 1 aromatic heterocycles. The summed E-state index contributed by atoms with van der Waals surface area (Å²) in [6, 6.07) is 3.19. The Balaban J connectivity index is 3.10. The second kappa shape index (κ2) is 3.84. The number of hydrogen-bond acceptors (Lipinski definition) is 2.